The molecule has 0 atom stereocenters. The molecule has 0 aliphatic rings. The van der Waals surface area contributed by atoms with Gasteiger partial charge in [0.05, 0.1) is 29.6 Å². The second kappa shape index (κ2) is 6.31. The Hall–Kier alpha value is -3.15. The zero-order chi connectivity index (χ0) is 16.2. The molecule has 2 aromatic heterocycles. The summed E-state index contributed by atoms with van der Waals surface area (Å²) in [6, 6.07) is 13.1. The van der Waals surface area contributed by atoms with E-state index < -0.39 is 5.91 Å². The number of benzene rings is 1. The van der Waals surface area contributed by atoms with Crippen LogP contribution in [0.15, 0.2) is 58.2 Å². The molecule has 3 aromatic rings. The molecule has 0 fully saturated rings. The highest BCUT2D eigenvalue weighted by Gasteiger charge is 2.11. The molecule has 1 aromatic carbocycles. The highest BCUT2D eigenvalue weighted by Crippen LogP contribution is 2.16. The van der Waals surface area contributed by atoms with Gasteiger partial charge in [-0.2, -0.15) is 10.2 Å². The van der Waals surface area contributed by atoms with Crippen LogP contribution in [0.3, 0.4) is 0 Å². The number of carbonyl (C=O) groups excluding carboxylic acids is 1. The quantitative estimate of drug-likeness (QED) is 0.595. The van der Waals surface area contributed by atoms with Gasteiger partial charge in [-0.1, -0.05) is 18.2 Å². The summed E-state index contributed by atoms with van der Waals surface area (Å²) in [7, 11) is 0. The number of aromatic nitrogens is 2. The normalized spacial score (nSPS) is 11.0. The van der Waals surface area contributed by atoms with Gasteiger partial charge in [-0.05, 0) is 38.1 Å². The maximum Gasteiger partial charge on any atom is 0.307 e. The van der Waals surface area contributed by atoms with E-state index in [1.807, 2.05) is 48.9 Å². The lowest BCUT2D eigenvalue weighted by molar-refractivity contribution is 0.0927. The lowest BCUT2D eigenvalue weighted by Gasteiger charge is -2.03. The number of furan rings is 1. The van der Waals surface area contributed by atoms with Crippen LogP contribution in [-0.4, -0.2) is 21.9 Å². The summed E-state index contributed by atoms with van der Waals surface area (Å²) in [4.78, 5) is 11.8. The lowest BCUT2D eigenvalue weighted by Crippen LogP contribution is -2.16. The number of hydrogen-bond donors (Lipinski definition) is 1. The molecule has 0 radical (unpaired) electrons. The van der Waals surface area contributed by atoms with E-state index in [2.05, 4.69) is 15.6 Å². The van der Waals surface area contributed by atoms with Crippen LogP contribution in [0.25, 0.3) is 5.69 Å². The van der Waals surface area contributed by atoms with Gasteiger partial charge in [0.1, 0.15) is 0 Å². The van der Waals surface area contributed by atoms with Crippen molar-refractivity contribution >= 4 is 12.1 Å². The highest BCUT2D eigenvalue weighted by atomic mass is 16.3. The van der Waals surface area contributed by atoms with Crippen molar-refractivity contribution in [2.45, 2.75) is 13.8 Å². The van der Waals surface area contributed by atoms with E-state index >= 15 is 0 Å². The Bertz CT molecular complexity index is 833. The number of aryl methyl sites for hydroxylation is 1. The fraction of sp³-hybridized carbons (Fsp3) is 0.118. The van der Waals surface area contributed by atoms with Gasteiger partial charge in [0.25, 0.3) is 0 Å². The van der Waals surface area contributed by atoms with Gasteiger partial charge >= 0.3 is 5.91 Å². The maximum absolute atomic E-state index is 11.8. The topological polar surface area (TPSA) is 72.4 Å². The lowest BCUT2D eigenvalue weighted by atomic mass is 10.2. The van der Waals surface area contributed by atoms with Crippen molar-refractivity contribution in [2.75, 3.05) is 0 Å². The van der Waals surface area contributed by atoms with Gasteiger partial charge in [-0.25, -0.2) is 10.1 Å². The molecule has 0 saturated heterocycles. The van der Waals surface area contributed by atoms with Gasteiger partial charge in [0, 0.05) is 5.56 Å². The number of hydrazone groups is 1. The second-order valence-corrected chi connectivity index (χ2v) is 5.01. The minimum Gasteiger partial charge on any atom is -0.459 e. The van der Waals surface area contributed by atoms with Gasteiger partial charge in [0.15, 0.2) is 5.76 Å². The highest BCUT2D eigenvalue weighted by molar-refractivity contribution is 5.92. The van der Waals surface area contributed by atoms with Crippen LogP contribution in [0.2, 0.25) is 0 Å². The van der Waals surface area contributed by atoms with Gasteiger partial charge in [0.2, 0.25) is 0 Å². The number of hydrogen-bond acceptors (Lipinski definition) is 4. The second-order valence-electron chi connectivity index (χ2n) is 5.01. The Morgan fingerprint density at radius 1 is 1.22 bits per heavy atom. The summed E-state index contributed by atoms with van der Waals surface area (Å²) in [6.45, 7) is 3.87. The average molecular weight is 308 g/mol. The molecule has 6 nitrogen and oxygen atoms in total. The summed E-state index contributed by atoms with van der Waals surface area (Å²) < 4.78 is 6.86. The molecule has 0 bridgehead atoms. The van der Waals surface area contributed by atoms with E-state index in [9.17, 15) is 4.79 Å². The van der Waals surface area contributed by atoms with Crippen molar-refractivity contribution in [1.82, 2.24) is 15.2 Å². The van der Waals surface area contributed by atoms with Crippen molar-refractivity contribution in [2.24, 2.45) is 5.10 Å². The van der Waals surface area contributed by atoms with Gasteiger partial charge in [-0.15, -0.1) is 0 Å². The minimum absolute atomic E-state index is 0.218. The molecule has 23 heavy (non-hydrogen) atoms. The molecule has 0 spiro atoms. The molecule has 1 amide bonds. The molecule has 116 valence electrons. The van der Waals surface area contributed by atoms with Crippen molar-refractivity contribution in [3.8, 4) is 5.69 Å². The first-order valence-corrected chi connectivity index (χ1v) is 7.15. The number of carbonyl (C=O) groups is 1. The van der Waals surface area contributed by atoms with E-state index in [0.717, 1.165) is 22.6 Å². The van der Waals surface area contributed by atoms with Crippen molar-refractivity contribution in [3.63, 3.8) is 0 Å². The van der Waals surface area contributed by atoms with E-state index in [1.54, 1.807) is 18.3 Å². The molecule has 0 saturated carbocycles. The summed E-state index contributed by atoms with van der Waals surface area (Å²) in [5, 5.41) is 8.51. The van der Waals surface area contributed by atoms with E-state index in [0.29, 0.717) is 0 Å². The first-order valence-electron chi connectivity index (χ1n) is 7.15. The maximum atomic E-state index is 11.8. The molecular formula is C17H16N4O2. The largest absolute Gasteiger partial charge is 0.459 e. The van der Waals surface area contributed by atoms with Crippen LogP contribution in [0.1, 0.15) is 27.5 Å². The summed E-state index contributed by atoms with van der Waals surface area (Å²) in [5.41, 5.74) is 6.07. The summed E-state index contributed by atoms with van der Waals surface area (Å²) in [5.74, 6) is -0.174. The van der Waals surface area contributed by atoms with Crippen LogP contribution in [0, 0.1) is 13.8 Å². The minimum atomic E-state index is -0.392. The van der Waals surface area contributed by atoms with Crippen LogP contribution < -0.4 is 5.43 Å². The number of nitrogens with one attached hydrogen (secondary N) is 1. The fourth-order valence-electron chi connectivity index (χ4n) is 2.28. The number of amides is 1. The SMILES string of the molecule is Cc1nn(-c2ccccc2)c(C)c1/C=N/NC(=O)c1ccco1. The molecular weight excluding hydrogens is 292 g/mol. The summed E-state index contributed by atoms with van der Waals surface area (Å²) in [6.07, 6.45) is 3.04. The third-order valence-corrected chi connectivity index (χ3v) is 3.45. The molecule has 1 N–H and O–H groups in total. The van der Waals surface area contributed by atoms with Crippen LogP contribution in [0.5, 0.6) is 0 Å². The Morgan fingerprint density at radius 2 is 2.00 bits per heavy atom. The molecule has 0 aliphatic carbocycles. The summed E-state index contributed by atoms with van der Waals surface area (Å²) >= 11 is 0. The van der Waals surface area contributed by atoms with Gasteiger partial charge < -0.3 is 4.42 Å². The van der Waals surface area contributed by atoms with Crippen LogP contribution in [0.4, 0.5) is 0 Å². The molecule has 3 rings (SSSR count). The smallest absolute Gasteiger partial charge is 0.307 e. The first kappa shape index (κ1) is 14.8. The number of nitrogens with zero attached hydrogens (tertiary/aromatic N) is 3. The monoisotopic (exact) mass is 308 g/mol. The molecule has 6 heteroatoms. The first-order chi connectivity index (χ1) is 11.2. The Labute approximate surface area is 133 Å². The van der Waals surface area contributed by atoms with Gasteiger partial charge in [-0.3, -0.25) is 4.79 Å². The number of para-hydroxylation sites is 1. The average Bonchev–Trinajstić information content (AvgIpc) is 3.19. The third kappa shape index (κ3) is 3.06. The van der Waals surface area contributed by atoms with Crippen LogP contribution in [-0.2, 0) is 0 Å². The van der Waals surface area contributed by atoms with Crippen molar-refractivity contribution in [1.29, 1.82) is 0 Å². The van der Waals surface area contributed by atoms with E-state index in [-0.39, 0.29) is 5.76 Å². The Kier molecular flexibility index (Phi) is 4.05. The molecule has 0 aliphatic heterocycles. The van der Waals surface area contributed by atoms with E-state index in [4.69, 9.17) is 4.42 Å². The number of rotatable bonds is 4. The predicted molar refractivity (Wildman–Crippen MR) is 86.8 cm³/mol. The van der Waals surface area contributed by atoms with Crippen molar-refractivity contribution in [3.05, 3.63) is 71.4 Å². The zero-order valence-electron chi connectivity index (χ0n) is 12.9. The standard InChI is InChI=1S/C17H16N4O2/c1-12-15(11-18-19-17(22)16-9-6-10-23-16)13(2)21(20-12)14-7-4-3-5-8-14/h3-11H,1-2H3,(H,19,22)/b18-11+. The molecule has 2 heterocycles. The van der Waals surface area contributed by atoms with E-state index in [1.165, 1.54) is 6.26 Å². The van der Waals surface area contributed by atoms with Crippen LogP contribution >= 0.6 is 0 Å². The zero-order valence-corrected chi connectivity index (χ0v) is 12.9. The predicted octanol–water partition coefficient (Wildman–Crippen LogP) is 2.85. The third-order valence-electron chi connectivity index (χ3n) is 3.45. The Balaban J connectivity index is 1.80. The fourth-order valence-corrected chi connectivity index (χ4v) is 2.28. The van der Waals surface area contributed by atoms with Crippen molar-refractivity contribution < 1.29 is 9.21 Å². The Morgan fingerprint density at radius 3 is 2.70 bits per heavy atom. The molecule has 0 unspecified atom stereocenters.